The second-order valence-corrected chi connectivity index (χ2v) is 7.56. The average molecular weight is 384 g/mol. The van der Waals surface area contributed by atoms with Crippen LogP contribution in [0.1, 0.15) is 12.6 Å². The van der Waals surface area contributed by atoms with Crippen LogP contribution in [0.5, 0.6) is 0 Å². The zero-order valence-electron chi connectivity index (χ0n) is 15.8. The molecule has 1 N–H and O–H groups in total. The molecule has 2 aliphatic rings. The van der Waals surface area contributed by atoms with Crippen molar-refractivity contribution >= 4 is 22.9 Å². The Balaban J connectivity index is 1.37. The molecule has 0 aromatic carbocycles. The van der Waals surface area contributed by atoms with E-state index in [9.17, 15) is 9.18 Å². The van der Waals surface area contributed by atoms with Gasteiger partial charge in [-0.1, -0.05) is 6.92 Å². The fraction of sp³-hybridized carbons (Fsp3) is 0.500. The maximum atomic E-state index is 13.8. The minimum absolute atomic E-state index is 0.218. The third kappa shape index (κ3) is 2.54. The number of rotatable bonds is 3. The van der Waals surface area contributed by atoms with E-state index in [1.165, 1.54) is 0 Å². The van der Waals surface area contributed by atoms with E-state index in [1.807, 2.05) is 11.6 Å². The largest absolute Gasteiger partial charge is 0.354 e. The zero-order valence-corrected chi connectivity index (χ0v) is 15.8. The highest BCUT2D eigenvalue weighted by atomic mass is 19.1. The number of aromatic nitrogens is 6. The second kappa shape index (κ2) is 6.25. The Morgan fingerprint density at radius 3 is 2.57 bits per heavy atom. The molecule has 0 bridgehead atoms. The van der Waals surface area contributed by atoms with Gasteiger partial charge in [-0.2, -0.15) is 4.39 Å². The number of aryl methyl sites for hydroxylation is 2. The van der Waals surface area contributed by atoms with Crippen molar-refractivity contribution in [3.05, 3.63) is 34.5 Å². The lowest BCUT2D eigenvalue weighted by Crippen LogP contribution is -2.32. The summed E-state index contributed by atoms with van der Waals surface area (Å²) in [5, 5.41) is 0. The van der Waals surface area contributed by atoms with Crippen molar-refractivity contribution in [2.75, 3.05) is 36.0 Å². The molecule has 2 aliphatic heterocycles. The monoisotopic (exact) mass is 384 g/mol. The van der Waals surface area contributed by atoms with Crippen molar-refractivity contribution in [1.82, 2.24) is 29.5 Å². The van der Waals surface area contributed by atoms with E-state index < -0.39 is 11.4 Å². The quantitative estimate of drug-likeness (QED) is 0.711. The normalized spacial score (nSPS) is 21.7. The van der Waals surface area contributed by atoms with Gasteiger partial charge in [-0.15, -0.1) is 0 Å². The Kier molecular flexibility index (Phi) is 3.81. The number of aromatic amines is 1. The number of fused-ring (bicyclic) bond motifs is 2. The summed E-state index contributed by atoms with van der Waals surface area (Å²) in [7, 11) is 1.92. The van der Waals surface area contributed by atoms with Crippen LogP contribution in [0.2, 0.25) is 0 Å². The summed E-state index contributed by atoms with van der Waals surface area (Å²) in [6, 6.07) is 0. The molecule has 0 radical (unpaired) electrons. The van der Waals surface area contributed by atoms with Crippen LogP contribution in [0.15, 0.2) is 17.4 Å². The number of halogens is 1. The molecule has 28 heavy (non-hydrogen) atoms. The van der Waals surface area contributed by atoms with Gasteiger partial charge in [0.05, 0.1) is 12.0 Å². The molecule has 9 nitrogen and oxygen atoms in total. The first-order chi connectivity index (χ1) is 13.5. The number of anilines is 2. The van der Waals surface area contributed by atoms with Crippen LogP contribution in [0, 0.1) is 17.7 Å². The molecule has 5 rings (SSSR count). The summed E-state index contributed by atoms with van der Waals surface area (Å²) in [4.78, 5) is 36.3. The van der Waals surface area contributed by atoms with Gasteiger partial charge < -0.3 is 14.4 Å². The molecule has 5 heterocycles. The summed E-state index contributed by atoms with van der Waals surface area (Å²) >= 11 is 0. The van der Waals surface area contributed by atoms with Crippen molar-refractivity contribution in [2.45, 2.75) is 13.3 Å². The molecule has 3 aromatic heterocycles. The van der Waals surface area contributed by atoms with E-state index in [2.05, 4.69) is 34.7 Å². The number of hydrogen-bond donors (Lipinski definition) is 1. The summed E-state index contributed by atoms with van der Waals surface area (Å²) in [6.07, 6.45) is 3.73. The molecule has 0 amide bonds. The van der Waals surface area contributed by atoms with Crippen molar-refractivity contribution in [2.24, 2.45) is 18.9 Å². The van der Waals surface area contributed by atoms with Crippen LogP contribution in [0.4, 0.5) is 16.2 Å². The summed E-state index contributed by atoms with van der Waals surface area (Å²) in [5.41, 5.74) is 1.16. The van der Waals surface area contributed by atoms with Crippen molar-refractivity contribution in [1.29, 1.82) is 0 Å². The lowest BCUT2D eigenvalue weighted by molar-refractivity contribution is 0.533. The van der Waals surface area contributed by atoms with Gasteiger partial charge in [0.2, 0.25) is 11.8 Å². The minimum Gasteiger partial charge on any atom is -0.354 e. The fourth-order valence-corrected chi connectivity index (χ4v) is 4.38. The van der Waals surface area contributed by atoms with Crippen LogP contribution in [0.25, 0.3) is 11.2 Å². The van der Waals surface area contributed by atoms with E-state index in [0.717, 1.165) is 43.2 Å². The average Bonchev–Trinajstić information content (AvgIpc) is 3.37. The molecule has 0 saturated carbocycles. The lowest BCUT2D eigenvalue weighted by Gasteiger charge is -2.23. The third-order valence-electron chi connectivity index (χ3n) is 5.82. The molecule has 10 heteroatoms. The number of H-pyrrole nitrogens is 1. The third-order valence-corrected chi connectivity index (χ3v) is 5.82. The van der Waals surface area contributed by atoms with E-state index in [-0.39, 0.29) is 5.69 Å². The summed E-state index contributed by atoms with van der Waals surface area (Å²) < 4.78 is 15.7. The maximum Gasteiger partial charge on any atom is 0.288 e. The van der Waals surface area contributed by atoms with Gasteiger partial charge in [-0.05, 0) is 6.42 Å². The molecule has 146 valence electrons. The predicted molar refractivity (Wildman–Crippen MR) is 102 cm³/mol. The van der Waals surface area contributed by atoms with E-state index in [4.69, 9.17) is 0 Å². The number of nitrogens with zero attached hydrogens (tertiary/aromatic N) is 7. The number of nitrogens with one attached hydrogen (secondary N) is 1. The van der Waals surface area contributed by atoms with Gasteiger partial charge in [0.25, 0.3) is 5.56 Å². The fourth-order valence-electron chi connectivity index (χ4n) is 4.38. The number of imidazole rings is 1. The van der Waals surface area contributed by atoms with Gasteiger partial charge in [0.1, 0.15) is 6.33 Å². The van der Waals surface area contributed by atoms with Gasteiger partial charge in [0.15, 0.2) is 17.0 Å². The molecule has 2 fully saturated rings. The zero-order chi connectivity index (χ0) is 19.4. The summed E-state index contributed by atoms with van der Waals surface area (Å²) in [5.74, 6) is 1.41. The molecular weight excluding hydrogens is 363 g/mol. The molecule has 2 saturated heterocycles. The van der Waals surface area contributed by atoms with Crippen molar-refractivity contribution in [3.8, 4) is 0 Å². The first-order valence-electron chi connectivity index (χ1n) is 9.45. The molecule has 3 aromatic rings. The van der Waals surface area contributed by atoms with Crippen LogP contribution < -0.4 is 15.4 Å². The highest BCUT2D eigenvalue weighted by molar-refractivity contribution is 5.83. The Bertz CT molecular complexity index is 1090. The van der Waals surface area contributed by atoms with Gasteiger partial charge in [-0.25, -0.2) is 19.9 Å². The minimum atomic E-state index is -0.778. The molecule has 2 atom stereocenters. The standard InChI is InChI=1S/C18H21FN8O/c1-3-12-13(19)17(28)24-18(23-12)27-6-10-4-26(5-11(10)7-27)16-14-15(20-8-21-16)25(2)9-22-14/h8-11H,3-7H2,1-2H3,(H,23,24,28). The van der Waals surface area contributed by atoms with E-state index in [1.54, 1.807) is 19.6 Å². The topological polar surface area (TPSA) is 95.8 Å². The van der Waals surface area contributed by atoms with Crippen LogP contribution in [-0.4, -0.2) is 55.7 Å². The van der Waals surface area contributed by atoms with Gasteiger partial charge in [-0.3, -0.25) is 9.78 Å². The van der Waals surface area contributed by atoms with Crippen LogP contribution in [-0.2, 0) is 13.5 Å². The molecule has 0 aliphatic carbocycles. The SMILES string of the molecule is CCc1nc(N2CC3CN(c4ncnc5c4ncn5C)CC3C2)[nH]c(=O)c1F. The molecular formula is C18H21FN8O. The Hall–Kier alpha value is -3.04. The first kappa shape index (κ1) is 17.1. The first-order valence-corrected chi connectivity index (χ1v) is 9.45. The van der Waals surface area contributed by atoms with Crippen molar-refractivity contribution < 1.29 is 4.39 Å². The Morgan fingerprint density at radius 1 is 1.14 bits per heavy atom. The van der Waals surface area contributed by atoms with Crippen molar-refractivity contribution in [3.63, 3.8) is 0 Å². The molecule has 0 spiro atoms. The number of hydrogen-bond acceptors (Lipinski definition) is 7. The van der Waals surface area contributed by atoms with Gasteiger partial charge >= 0.3 is 0 Å². The lowest BCUT2D eigenvalue weighted by atomic mass is 10.0. The Morgan fingerprint density at radius 2 is 1.86 bits per heavy atom. The second-order valence-electron chi connectivity index (χ2n) is 7.56. The van der Waals surface area contributed by atoms with Crippen LogP contribution in [0.3, 0.4) is 0 Å². The van der Waals surface area contributed by atoms with Gasteiger partial charge in [0, 0.05) is 45.1 Å². The predicted octanol–water partition coefficient (Wildman–Crippen LogP) is 0.721. The van der Waals surface area contributed by atoms with E-state index in [0.29, 0.717) is 24.2 Å². The summed E-state index contributed by atoms with van der Waals surface area (Å²) in [6.45, 7) is 5.06. The smallest absolute Gasteiger partial charge is 0.288 e. The van der Waals surface area contributed by atoms with Crippen LogP contribution >= 0.6 is 0 Å². The molecule has 2 unspecified atom stereocenters. The maximum absolute atomic E-state index is 13.8. The Labute approximate surface area is 160 Å². The van der Waals surface area contributed by atoms with E-state index >= 15 is 0 Å². The highest BCUT2D eigenvalue weighted by Gasteiger charge is 2.42. The highest BCUT2D eigenvalue weighted by Crippen LogP contribution is 2.36.